The van der Waals surface area contributed by atoms with Crippen molar-refractivity contribution in [3.8, 4) is 11.5 Å². The van der Waals surface area contributed by atoms with Crippen molar-refractivity contribution in [1.82, 2.24) is 5.32 Å². The third kappa shape index (κ3) is 2.85. The summed E-state index contributed by atoms with van der Waals surface area (Å²) in [5, 5.41) is 3.65. The van der Waals surface area contributed by atoms with Crippen LogP contribution >= 0.6 is 0 Å². The molecule has 0 saturated carbocycles. The number of rotatable bonds is 4. The molecule has 1 fully saturated rings. The average molecular weight is 278 g/mol. The number of hydrogen-bond donors (Lipinski definition) is 1. The maximum atomic E-state index is 5.53. The predicted molar refractivity (Wildman–Crippen MR) is 83.1 cm³/mol. The molecule has 4 nitrogen and oxygen atoms in total. The van der Waals surface area contributed by atoms with Crippen LogP contribution in [0.1, 0.15) is 27.2 Å². The maximum absolute atomic E-state index is 5.53. The van der Waals surface area contributed by atoms with Crippen molar-refractivity contribution in [2.75, 3.05) is 32.2 Å². The van der Waals surface area contributed by atoms with Gasteiger partial charge in [0.2, 0.25) is 0 Å². The van der Waals surface area contributed by atoms with Gasteiger partial charge in [0.15, 0.2) is 0 Å². The number of hydrogen-bond acceptors (Lipinski definition) is 4. The molecule has 1 N–H and O–H groups in total. The smallest absolute Gasteiger partial charge is 0.142 e. The molecular weight excluding hydrogens is 252 g/mol. The first-order valence-corrected chi connectivity index (χ1v) is 7.26. The molecule has 0 aromatic heterocycles. The Balaban J connectivity index is 2.37. The summed E-state index contributed by atoms with van der Waals surface area (Å²) in [4.78, 5) is 2.42. The van der Waals surface area contributed by atoms with E-state index in [1.165, 1.54) is 0 Å². The van der Waals surface area contributed by atoms with Gasteiger partial charge in [-0.15, -0.1) is 0 Å². The first-order chi connectivity index (χ1) is 9.53. The highest BCUT2D eigenvalue weighted by Crippen LogP contribution is 2.35. The Kier molecular flexibility index (Phi) is 4.43. The van der Waals surface area contributed by atoms with E-state index < -0.39 is 0 Å². The monoisotopic (exact) mass is 278 g/mol. The third-order valence-electron chi connectivity index (χ3n) is 4.35. The molecule has 0 radical (unpaired) electrons. The van der Waals surface area contributed by atoms with E-state index in [1.54, 1.807) is 14.2 Å². The largest absolute Gasteiger partial charge is 0.497 e. The highest BCUT2D eigenvalue weighted by atomic mass is 16.5. The van der Waals surface area contributed by atoms with Crippen molar-refractivity contribution in [3.05, 3.63) is 18.2 Å². The van der Waals surface area contributed by atoms with Crippen molar-refractivity contribution in [2.45, 2.75) is 38.8 Å². The van der Waals surface area contributed by atoms with Crippen LogP contribution in [0.2, 0.25) is 0 Å². The van der Waals surface area contributed by atoms with E-state index in [1.807, 2.05) is 12.1 Å². The Bertz CT molecular complexity index is 464. The summed E-state index contributed by atoms with van der Waals surface area (Å²) < 4.78 is 10.9. The molecule has 2 rings (SSSR count). The fraction of sp³-hybridized carbons (Fsp3) is 0.625. The summed E-state index contributed by atoms with van der Waals surface area (Å²) in [5.41, 5.74) is 1.25. The number of piperazine rings is 1. The molecule has 1 aromatic rings. The summed E-state index contributed by atoms with van der Waals surface area (Å²) in [6.07, 6.45) is 1.10. The van der Waals surface area contributed by atoms with Crippen LogP contribution < -0.4 is 19.7 Å². The van der Waals surface area contributed by atoms with E-state index in [4.69, 9.17) is 9.47 Å². The van der Waals surface area contributed by atoms with Gasteiger partial charge >= 0.3 is 0 Å². The molecule has 0 aliphatic carbocycles. The summed E-state index contributed by atoms with van der Waals surface area (Å²) >= 11 is 0. The fourth-order valence-corrected chi connectivity index (χ4v) is 2.67. The van der Waals surface area contributed by atoms with Crippen molar-refractivity contribution >= 4 is 5.69 Å². The Morgan fingerprint density at radius 3 is 2.70 bits per heavy atom. The molecule has 0 bridgehead atoms. The van der Waals surface area contributed by atoms with Crippen LogP contribution in [0.4, 0.5) is 5.69 Å². The quantitative estimate of drug-likeness (QED) is 0.918. The Hall–Kier alpha value is -1.42. The van der Waals surface area contributed by atoms with Crippen LogP contribution in [0.25, 0.3) is 0 Å². The number of benzene rings is 1. The Morgan fingerprint density at radius 1 is 1.35 bits per heavy atom. The zero-order valence-corrected chi connectivity index (χ0v) is 13.2. The van der Waals surface area contributed by atoms with Gasteiger partial charge in [-0.25, -0.2) is 0 Å². The van der Waals surface area contributed by atoms with Gasteiger partial charge in [0, 0.05) is 30.7 Å². The molecule has 1 aliphatic heterocycles. The molecule has 4 heteroatoms. The topological polar surface area (TPSA) is 33.7 Å². The van der Waals surface area contributed by atoms with Gasteiger partial charge in [0.05, 0.1) is 19.9 Å². The first-order valence-electron chi connectivity index (χ1n) is 7.26. The third-order valence-corrected chi connectivity index (χ3v) is 4.35. The molecule has 1 heterocycles. The van der Waals surface area contributed by atoms with Crippen LogP contribution in [-0.2, 0) is 0 Å². The van der Waals surface area contributed by atoms with E-state index in [9.17, 15) is 0 Å². The van der Waals surface area contributed by atoms with Gasteiger partial charge in [-0.2, -0.15) is 0 Å². The lowest BCUT2D eigenvalue weighted by molar-refractivity contribution is 0.283. The van der Waals surface area contributed by atoms with Crippen LogP contribution in [0.3, 0.4) is 0 Å². The first kappa shape index (κ1) is 15.0. The van der Waals surface area contributed by atoms with Gasteiger partial charge in [-0.05, 0) is 32.4 Å². The normalized spacial score (nSPS) is 26.4. The highest BCUT2D eigenvalue weighted by Gasteiger charge is 2.33. The summed E-state index contributed by atoms with van der Waals surface area (Å²) in [5.74, 6) is 1.77. The van der Waals surface area contributed by atoms with E-state index in [0.717, 1.165) is 36.7 Å². The van der Waals surface area contributed by atoms with Crippen LogP contribution in [0.15, 0.2) is 18.2 Å². The summed E-state index contributed by atoms with van der Waals surface area (Å²) in [7, 11) is 3.42. The molecule has 1 aliphatic rings. The van der Waals surface area contributed by atoms with Crippen molar-refractivity contribution in [2.24, 2.45) is 0 Å². The summed E-state index contributed by atoms with van der Waals surface area (Å²) in [6, 6.07) is 6.41. The Morgan fingerprint density at radius 2 is 2.10 bits per heavy atom. The molecule has 2 atom stereocenters. The minimum absolute atomic E-state index is 0.139. The molecule has 2 unspecified atom stereocenters. The molecule has 1 saturated heterocycles. The average Bonchev–Trinajstić information content (AvgIpc) is 2.49. The van der Waals surface area contributed by atoms with E-state index in [-0.39, 0.29) is 5.54 Å². The van der Waals surface area contributed by atoms with Crippen molar-refractivity contribution in [1.29, 1.82) is 0 Å². The molecule has 0 spiro atoms. The van der Waals surface area contributed by atoms with Gasteiger partial charge < -0.3 is 19.7 Å². The Labute approximate surface area is 122 Å². The SMILES string of the molecule is CCC1(C)CN(c2cc(OC)ccc2OC)C(C)CN1. The number of nitrogens with one attached hydrogen (secondary N) is 1. The van der Waals surface area contributed by atoms with Crippen molar-refractivity contribution in [3.63, 3.8) is 0 Å². The second-order valence-corrected chi connectivity index (χ2v) is 5.81. The van der Waals surface area contributed by atoms with Crippen LogP contribution in [0, 0.1) is 0 Å². The zero-order valence-electron chi connectivity index (χ0n) is 13.2. The van der Waals surface area contributed by atoms with E-state index >= 15 is 0 Å². The van der Waals surface area contributed by atoms with Gasteiger partial charge in [-0.1, -0.05) is 6.92 Å². The molecule has 20 heavy (non-hydrogen) atoms. The van der Waals surface area contributed by atoms with E-state index in [2.05, 4.69) is 37.1 Å². The minimum atomic E-state index is 0.139. The number of methoxy groups -OCH3 is 2. The predicted octanol–water partition coefficient (Wildman–Crippen LogP) is 2.67. The standard InChI is InChI=1S/C16H26N2O2/c1-6-16(3)11-18(12(2)10-17-16)14-9-13(19-4)7-8-15(14)20-5/h7-9,12,17H,6,10-11H2,1-5H3. The molecule has 1 aromatic carbocycles. The lowest BCUT2D eigenvalue weighted by Gasteiger charge is -2.46. The fourth-order valence-electron chi connectivity index (χ4n) is 2.67. The van der Waals surface area contributed by atoms with Gasteiger partial charge in [-0.3, -0.25) is 0 Å². The van der Waals surface area contributed by atoms with Crippen LogP contribution in [0.5, 0.6) is 11.5 Å². The minimum Gasteiger partial charge on any atom is -0.497 e. The maximum Gasteiger partial charge on any atom is 0.142 e. The van der Waals surface area contributed by atoms with Gasteiger partial charge in [0.25, 0.3) is 0 Å². The van der Waals surface area contributed by atoms with Crippen molar-refractivity contribution < 1.29 is 9.47 Å². The second kappa shape index (κ2) is 5.92. The van der Waals surface area contributed by atoms with Crippen LogP contribution in [-0.4, -0.2) is 38.9 Å². The molecular formula is C16H26N2O2. The van der Waals surface area contributed by atoms with Gasteiger partial charge in [0.1, 0.15) is 11.5 Å². The number of anilines is 1. The molecule has 0 amide bonds. The number of nitrogens with zero attached hydrogens (tertiary/aromatic N) is 1. The number of ether oxygens (including phenoxy) is 2. The summed E-state index contributed by atoms with van der Waals surface area (Å²) in [6.45, 7) is 8.68. The second-order valence-electron chi connectivity index (χ2n) is 5.81. The highest BCUT2D eigenvalue weighted by molar-refractivity contribution is 5.62. The zero-order chi connectivity index (χ0) is 14.8. The molecule has 112 valence electrons. The lowest BCUT2D eigenvalue weighted by atomic mass is 9.93. The lowest BCUT2D eigenvalue weighted by Crippen LogP contribution is -2.62. The van der Waals surface area contributed by atoms with E-state index in [0.29, 0.717) is 6.04 Å².